The lowest BCUT2D eigenvalue weighted by Gasteiger charge is -2.39. The molecule has 0 heterocycles. The van der Waals surface area contributed by atoms with Gasteiger partial charge in [-0.1, -0.05) is 20.8 Å². The molecule has 3 heteroatoms. The number of carbonyl (C=O) groups is 1. The first kappa shape index (κ1) is 12.4. The van der Waals surface area contributed by atoms with Gasteiger partial charge in [-0.25, -0.2) is 0 Å². The van der Waals surface area contributed by atoms with Crippen LogP contribution in [0.25, 0.3) is 0 Å². The van der Waals surface area contributed by atoms with Crippen molar-refractivity contribution in [2.24, 2.45) is 22.7 Å². The summed E-state index contributed by atoms with van der Waals surface area (Å²) in [4.78, 5) is 12.1. The topological polar surface area (TPSA) is 52.9 Å². The minimum atomic E-state index is -0.716. The predicted octanol–water partition coefficient (Wildman–Crippen LogP) is 2.48. The van der Waals surface area contributed by atoms with Gasteiger partial charge in [-0.15, -0.1) is 0 Å². The number of amides is 1. The molecule has 0 aromatic carbocycles. The second-order valence-electron chi connectivity index (χ2n) is 6.41. The van der Waals surface area contributed by atoms with Gasteiger partial charge in [-0.3, -0.25) is 4.79 Å². The lowest BCUT2D eigenvalue weighted by atomic mass is 9.63. The van der Waals surface area contributed by atoms with Gasteiger partial charge in [-0.05, 0) is 42.9 Å². The van der Waals surface area contributed by atoms with E-state index in [1.165, 1.54) is 12.8 Å². The lowest BCUT2D eigenvalue weighted by molar-refractivity contribution is -0.134. The van der Waals surface area contributed by atoms with Crippen molar-refractivity contribution in [1.29, 1.82) is 5.26 Å². The second-order valence-corrected chi connectivity index (χ2v) is 6.41. The van der Waals surface area contributed by atoms with E-state index in [0.717, 1.165) is 19.4 Å². The predicted molar refractivity (Wildman–Crippen MR) is 66.0 cm³/mol. The van der Waals surface area contributed by atoms with E-state index in [1.54, 1.807) is 0 Å². The molecule has 0 radical (unpaired) electrons. The van der Waals surface area contributed by atoms with Gasteiger partial charge in [0.1, 0.15) is 5.41 Å². The first-order chi connectivity index (χ1) is 7.94. The van der Waals surface area contributed by atoms with Crippen LogP contribution in [0.15, 0.2) is 0 Å². The Morgan fingerprint density at radius 2 is 2.06 bits per heavy atom. The highest BCUT2D eigenvalue weighted by atomic mass is 16.2. The summed E-state index contributed by atoms with van der Waals surface area (Å²) in [6, 6.07) is 2.22. The molecule has 0 aromatic rings. The van der Waals surface area contributed by atoms with Crippen molar-refractivity contribution < 1.29 is 4.79 Å². The summed E-state index contributed by atoms with van der Waals surface area (Å²) in [6.07, 6.45) is 3.87. The largest absolute Gasteiger partial charge is 0.354 e. The summed E-state index contributed by atoms with van der Waals surface area (Å²) in [6.45, 7) is 7.27. The van der Waals surface area contributed by atoms with Gasteiger partial charge >= 0.3 is 0 Å². The molecule has 0 unspecified atom stereocenters. The van der Waals surface area contributed by atoms with E-state index >= 15 is 0 Å². The molecule has 1 N–H and O–H groups in total. The van der Waals surface area contributed by atoms with Crippen LogP contribution in [0.1, 0.15) is 46.5 Å². The molecular weight excluding hydrogens is 212 g/mol. The van der Waals surface area contributed by atoms with Crippen LogP contribution in [-0.4, -0.2) is 12.5 Å². The summed E-state index contributed by atoms with van der Waals surface area (Å²) in [7, 11) is 0. The third-order valence-electron chi connectivity index (χ3n) is 4.76. The van der Waals surface area contributed by atoms with Gasteiger partial charge in [0.25, 0.3) is 0 Å². The molecule has 2 fully saturated rings. The maximum absolute atomic E-state index is 12.1. The van der Waals surface area contributed by atoms with E-state index in [2.05, 4.69) is 32.2 Å². The van der Waals surface area contributed by atoms with Crippen molar-refractivity contribution in [3.8, 4) is 6.07 Å². The number of hydrogen-bond acceptors (Lipinski definition) is 2. The minimum Gasteiger partial charge on any atom is -0.354 e. The summed E-state index contributed by atoms with van der Waals surface area (Å²) in [5, 5.41) is 12.2. The van der Waals surface area contributed by atoms with Gasteiger partial charge in [0.05, 0.1) is 6.07 Å². The van der Waals surface area contributed by atoms with Crippen LogP contribution < -0.4 is 5.32 Å². The van der Waals surface area contributed by atoms with Crippen molar-refractivity contribution >= 4 is 5.91 Å². The molecule has 0 aliphatic heterocycles. The van der Waals surface area contributed by atoms with Crippen LogP contribution in [0.2, 0.25) is 0 Å². The third-order valence-corrected chi connectivity index (χ3v) is 4.76. The summed E-state index contributed by atoms with van der Waals surface area (Å²) >= 11 is 0. The Morgan fingerprint density at radius 1 is 1.47 bits per heavy atom. The highest BCUT2D eigenvalue weighted by Gasteiger charge is 2.51. The summed E-state index contributed by atoms with van der Waals surface area (Å²) in [5.41, 5.74) is -0.395. The van der Waals surface area contributed by atoms with Crippen molar-refractivity contribution in [2.45, 2.75) is 46.5 Å². The lowest BCUT2D eigenvalue weighted by Crippen LogP contribution is -2.49. The fourth-order valence-corrected chi connectivity index (χ4v) is 3.00. The molecule has 2 rings (SSSR count). The molecule has 17 heavy (non-hydrogen) atoms. The monoisotopic (exact) mass is 234 g/mol. The molecule has 0 spiro atoms. The van der Waals surface area contributed by atoms with E-state index in [0.29, 0.717) is 17.3 Å². The Balaban J connectivity index is 1.88. The summed E-state index contributed by atoms with van der Waals surface area (Å²) in [5.74, 6) is 1.09. The Bertz CT molecular complexity index is 357. The smallest absolute Gasteiger partial charge is 0.240 e. The number of carbonyl (C=O) groups excluding carboxylic acids is 1. The number of rotatable bonds is 4. The number of nitrogens with one attached hydrogen (secondary N) is 1. The Morgan fingerprint density at radius 3 is 2.41 bits per heavy atom. The molecule has 0 saturated heterocycles. The zero-order valence-corrected chi connectivity index (χ0v) is 11.0. The van der Waals surface area contributed by atoms with E-state index in [9.17, 15) is 4.79 Å². The van der Waals surface area contributed by atoms with Gasteiger partial charge in [0.15, 0.2) is 0 Å². The van der Waals surface area contributed by atoms with Crippen molar-refractivity contribution in [1.82, 2.24) is 5.32 Å². The van der Waals surface area contributed by atoms with Crippen molar-refractivity contribution in [2.75, 3.05) is 6.54 Å². The molecule has 2 saturated carbocycles. The zero-order chi connectivity index (χ0) is 12.7. The van der Waals surface area contributed by atoms with E-state index < -0.39 is 5.41 Å². The maximum atomic E-state index is 12.1. The first-order valence-corrected chi connectivity index (χ1v) is 6.64. The molecule has 0 atom stereocenters. The number of nitriles is 1. The Kier molecular flexibility index (Phi) is 2.93. The first-order valence-electron chi connectivity index (χ1n) is 6.64. The van der Waals surface area contributed by atoms with Crippen LogP contribution in [0, 0.1) is 34.0 Å². The quantitative estimate of drug-likeness (QED) is 0.812. The van der Waals surface area contributed by atoms with E-state index in [4.69, 9.17) is 5.26 Å². The van der Waals surface area contributed by atoms with Crippen LogP contribution in [0.5, 0.6) is 0 Å². The average molecular weight is 234 g/mol. The van der Waals surface area contributed by atoms with E-state index in [-0.39, 0.29) is 5.91 Å². The van der Waals surface area contributed by atoms with E-state index in [1.807, 2.05) is 0 Å². The zero-order valence-electron chi connectivity index (χ0n) is 11.0. The third kappa shape index (κ3) is 2.06. The molecular formula is C14H22N2O. The van der Waals surface area contributed by atoms with Crippen molar-refractivity contribution in [3.05, 3.63) is 0 Å². The maximum Gasteiger partial charge on any atom is 0.240 e. The molecule has 1 amide bonds. The second kappa shape index (κ2) is 4.01. The normalized spacial score (nSPS) is 33.7. The summed E-state index contributed by atoms with van der Waals surface area (Å²) < 4.78 is 0. The molecule has 3 nitrogen and oxygen atoms in total. The van der Waals surface area contributed by atoms with Gasteiger partial charge in [0, 0.05) is 6.54 Å². The molecule has 2 aliphatic carbocycles. The van der Waals surface area contributed by atoms with Crippen LogP contribution >= 0.6 is 0 Å². The minimum absolute atomic E-state index is 0.0370. The van der Waals surface area contributed by atoms with Crippen LogP contribution in [0.4, 0.5) is 0 Å². The number of nitrogens with zero attached hydrogens (tertiary/aromatic N) is 1. The van der Waals surface area contributed by atoms with Crippen LogP contribution in [-0.2, 0) is 4.79 Å². The van der Waals surface area contributed by atoms with Crippen LogP contribution in [0.3, 0.4) is 0 Å². The standard InChI is InChI=1S/C14H22N2O/c1-10(2)13(4-5-13)9-16-12(17)14(8-15)6-11(3)7-14/h10-11H,4-7,9H2,1-3H3,(H,16,17). The van der Waals surface area contributed by atoms with Gasteiger partial charge in [0.2, 0.25) is 5.91 Å². The van der Waals surface area contributed by atoms with Gasteiger partial charge in [-0.2, -0.15) is 5.26 Å². The molecule has 94 valence electrons. The highest BCUT2D eigenvalue weighted by molar-refractivity contribution is 5.86. The molecule has 0 aromatic heterocycles. The Hall–Kier alpha value is -1.04. The van der Waals surface area contributed by atoms with Crippen molar-refractivity contribution in [3.63, 3.8) is 0 Å². The average Bonchev–Trinajstić information content (AvgIpc) is 3.02. The molecule has 2 aliphatic rings. The fraction of sp³-hybridized carbons (Fsp3) is 0.857. The highest BCUT2D eigenvalue weighted by Crippen LogP contribution is 2.51. The fourth-order valence-electron chi connectivity index (χ4n) is 3.00. The molecule has 0 bridgehead atoms. The number of hydrogen-bond donors (Lipinski definition) is 1. The van der Waals surface area contributed by atoms with Gasteiger partial charge < -0.3 is 5.32 Å². The Labute approximate surface area is 104 Å². The SMILES string of the molecule is CC1CC(C#N)(C(=O)NCC2(C(C)C)CC2)C1.